The molecule has 1 aromatic carbocycles. The van der Waals surface area contributed by atoms with Gasteiger partial charge < -0.3 is 5.11 Å². The summed E-state index contributed by atoms with van der Waals surface area (Å²) >= 11 is 0. The summed E-state index contributed by atoms with van der Waals surface area (Å²) in [5.41, 5.74) is 1.03. The largest absolute Gasteiger partial charge is 0.396 e. The molecule has 0 atom stereocenters. The van der Waals surface area contributed by atoms with Crippen molar-refractivity contribution in [2.45, 2.75) is 18.6 Å². The van der Waals surface area contributed by atoms with Crippen molar-refractivity contribution in [3.05, 3.63) is 35.4 Å². The second kappa shape index (κ2) is 7.11. The molecule has 1 aromatic rings. The van der Waals surface area contributed by atoms with Gasteiger partial charge in [0.2, 0.25) is 10.0 Å². The van der Waals surface area contributed by atoms with Gasteiger partial charge in [0.05, 0.1) is 17.4 Å². The maximum atomic E-state index is 11.7. The fraction of sp³-hybridized carbons (Fsp3) is 0.417. The highest BCUT2D eigenvalue weighted by Gasteiger charge is 2.10. The Hall–Kier alpha value is -1.42. The summed E-state index contributed by atoms with van der Waals surface area (Å²) in [6.07, 6.45) is 1.18. The average molecular weight is 268 g/mol. The minimum atomic E-state index is -3.38. The van der Waals surface area contributed by atoms with Crippen LogP contribution in [0.5, 0.6) is 0 Å². The molecule has 0 unspecified atom stereocenters. The Morgan fingerprint density at radius 3 is 2.78 bits per heavy atom. The zero-order chi connectivity index (χ0) is 13.4. The third-order valence-electron chi connectivity index (χ3n) is 2.32. The van der Waals surface area contributed by atoms with Gasteiger partial charge in [-0.3, -0.25) is 0 Å². The summed E-state index contributed by atoms with van der Waals surface area (Å²) in [4.78, 5) is 0. The lowest BCUT2D eigenvalue weighted by molar-refractivity contribution is 0.285. The molecule has 0 aromatic heterocycles. The molecule has 6 heteroatoms. The van der Waals surface area contributed by atoms with E-state index in [4.69, 9.17) is 10.4 Å². The standard InChI is InChI=1S/C12H16N2O3S/c13-9-11-4-3-5-12(8-11)10-18(16,17)14-6-1-2-7-15/h3-5,8,14-15H,1-2,6-7,10H2. The summed E-state index contributed by atoms with van der Waals surface area (Å²) in [6.45, 7) is 0.382. The van der Waals surface area contributed by atoms with E-state index < -0.39 is 10.0 Å². The van der Waals surface area contributed by atoms with Crippen LogP contribution >= 0.6 is 0 Å². The van der Waals surface area contributed by atoms with Gasteiger partial charge in [0.15, 0.2) is 0 Å². The SMILES string of the molecule is N#Cc1cccc(CS(=O)(=O)NCCCCO)c1. The van der Waals surface area contributed by atoms with Gasteiger partial charge in [-0.25, -0.2) is 13.1 Å². The topological polar surface area (TPSA) is 90.2 Å². The minimum Gasteiger partial charge on any atom is -0.396 e. The van der Waals surface area contributed by atoms with E-state index in [1.54, 1.807) is 24.3 Å². The molecule has 0 radical (unpaired) electrons. The molecular formula is C12H16N2O3S. The molecule has 0 bridgehead atoms. The first-order valence-corrected chi connectivity index (χ1v) is 7.30. The molecule has 0 saturated heterocycles. The Morgan fingerprint density at radius 1 is 1.33 bits per heavy atom. The van der Waals surface area contributed by atoms with Crippen LogP contribution in [0, 0.1) is 11.3 Å². The Kier molecular flexibility index (Phi) is 5.78. The van der Waals surface area contributed by atoms with Crippen LogP contribution < -0.4 is 4.72 Å². The number of sulfonamides is 1. The zero-order valence-electron chi connectivity index (χ0n) is 9.96. The molecule has 0 spiro atoms. The quantitative estimate of drug-likeness (QED) is 0.714. The van der Waals surface area contributed by atoms with Gasteiger partial charge in [0, 0.05) is 13.2 Å². The molecule has 98 valence electrons. The molecule has 0 aliphatic heterocycles. The Labute approximate surface area is 107 Å². The van der Waals surface area contributed by atoms with Crippen molar-refractivity contribution < 1.29 is 13.5 Å². The molecule has 0 heterocycles. The van der Waals surface area contributed by atoms with Crippen molar-refractivity contribution in [1.82, 2.24) is 4.72 Å². The van der Waals surface area contributed by atoms with Crippen LogP contribution in [0.15, 0.2) is 24.3 Å². The predicted molar refractivity (Wildman–Crippen MR) is 68.1 cm³/mol. The molecule has 1 rings (SSSR count). The van der Waals surface area contributed by atoms with Crippen LogP contribution in [-0.4, -0.2) is 26.7 Å². The maximum Gasteiger partial charge on any atom is 0.215 e. The second-order valence-corrected chi connectivity index (χ2v) is 5.70. The van der Waals surface area contributed by atoms with E-state index in [0.29, 0.717) is 30.5 Å². The van der Waals surface area contributed by atoms with Crippen LogP contribution in [0.25, 0.3) is 0 Å². The van der Waals surface area contributed by atoms with E-state index in [0.717, 1.165) is 0 Å². The van der Waals surface area contributed by atoms with Gasteiger partial charge in [0.25, 0.3) is 0 Å². The lowest BCUT2D eigenvalue weighted by Crippen LogP contribution is -2.26. The highest BCUT2D eigenvalue weighted by molar-refractivity contribution is 7.88. The fourth-order valence-electron chi connectivity index (χ4n) is 1.47. The van der Waals surface area contributed by atoms with Gasteiger partial charge in [-0.05, 0) is 30.5 Å². The Morgan fingerprint density at radius 2 is 2.11 bits per heavy atom. The minimum absolute atomic E-state index is 0.0615. The van der Waals surface area contributed by atoms with Crippen LogP contribution in [0.1, 0.15) is 24.0 Å². The van der Waals surface area contributed by atoms with Crippen molar-refractivity contribution in [3.8, 4) is 6.07 Å². The molecule has 0 saturated carbocycles. The van der Waals surface area contributed by atoms with E-state index in [1.165, 1.54) is 0 Å². The number of nitriles is 1. The maximum absolute atomic E-state index is 11.7. The number of aliphatic hydroxyl groups excluding tert-OH is 1. The van der Waals surface area contributed by atoms with Gasteiger partial charge in [-0.1, -0.05) is 12.1 Å². The number of unbranched alkanes of at least 4 members (excludes halogenated alkanes) is 1. The zero-order valence-corrected chi connectivity index (χ0v) is 10.8. The molecule has 0 fully saturated rings. The normalized spacial score (nSPS) is 11.1. The second-order valence-electron chi connectivity index (χ2n) is 3.90. The first kappa shape index (κ1) is 14.6. The summed E-state index contributed by atoms with van der Waals surface area (Å²) in [6, 6.07) is 8.50. The van der Waals surface area contributed by atoms with Crippen molar-refractivity contribution in [2.24, 2.45) is 0 Å². The third kappa shape index (κ3) is 5.27. The smallest absolute Gasteiger partial charge is 0.215 e. The lowest BCUT2D eigenvalue weighted by atomic mass is 10.2. The summed E-state index contributed by atoms with van der Waals surface area (Å²) in [7, 11) is -3.38. The van der Waals surface area contributed by atoms with Crippen LogP contribution in [0.3, 0.4) is 0 Å². The van der Waals surface area contributed by atoms with Crippen molar-refractivity contribution in [1.29, 1.82) is 5.26 Å². The third-order valence-corrected chi connectivity index (χ3v) is 3.68. The summed E-state index contributed by atoms with van der Waals surface area (Å²) in [5, 5.41) is 17.3. The number of hydrogen-bond donors (Lipinski definition) is 2. The van der Waals surface area contributed by atoms with Crippen molar-refractivity contribution >= 4 is 10.0 Å². The first-order chi connectivity index (χ1) is 8.57. The molecular weight excluding hydrogens is 252 g/mol. The number of benzene rings is 1. The predicted octanol–water partition coefficient (Wildman–Crippen LogP) is 0.750. The first-order valence-electron chi connectivity index (χ1n) is 5.64. The highest BCUT2D eigenvalue weighted by Crippen LogP contribution is 2.07. The van der Waals surface area contributed by atoms with Crippen LogP contribution in [-0.2, 0) is 15.8 Å². The molecule has 18 heavy (non-hydrogen) atoms. The number of hydrogen-bond acceptors (Lipinski definition) is 4. The van der Waals surface area contributed by atoms with Crippen molar-refractivity contribution in [3.63, 3.8) is 0 Å². The average Bonchev–Trinajstić information content (AvgIpc) is 2.34. The number of rotatable bonds is 7. The number of aliphatic hydroxyl groups is 1. The highest BCUT2D eigenvalue weighted by atomic mass is 32.2. The van der Waals surface area contributed by atoms with E-state index in [-0.39, 0.29) is 12.4 Å². The summed E-state index contributed by atoms with van der Waals surface area (Å²) < 4.78 is 25.9. The van der Waals surface area contributed by atoms with E-state index in [2.05, 4.69) is 4.72 Å². The van der Waals surface area contributed by atoms with E-state index >= 15 is 0 Å². The lowest BCUT2D eigenvalue weighted by Gasteiger charge is -2.06. The molecule has 2 N–H and O–H groups in total. The van der Waals surface area contributed by atoms with Crippen LogP contribution in [0.2, 0.25) is 0 Å². The van der Waals surface area contributed by atoms with E-state index in [9.17, 15) is 8.42 Å². The number of nitrogens with zero attached hydrogens (tertiary/aromatic N) is 1. The van der Waals surface area contributed by atoms with E-state index in [1.807, 2.05) is 6.07 Å². The Bertz CT molecular complexity index is 520. The monoisotopic (exact) mass is 268 g/mol. The fourth-order valence-corrected chi connectivity index (χ4v) is 2.64. The van der Waals surface area contributed by atoms with Gasteiger partial charge in [-0.15, -0.1) is 0 Å². The van der Waals surface area contributed by atoms with Gasteiger partial charge >= 0.3 is 0 Å². The molecule has 5 nitrogen and oxygen atoms in total. The van der Waals surface area contributed by atoms with Gasteiger partial charge in [-0.2, -0.15) is 5.26 Å². The molecule has 0 amide bonds. The summed E-state index contributed by atoms with van der Waals surface area (Å²) in [5.74, 6) is -0.137. The molecule has 0 aliphatic carbocycles. The molecule has 0 aliphatic rings. The van der Waals surface area contributed by atoms with Gasteiger partial charge in [0.1, 0.15) is 0 Å². The number of nitrogens with one attached hydrogen (secondary N) is 1. The van der Waals surface area contributed by atoms with Crippen molar-refractivity contribution in [2.75, 3.05) is 13.2 Å². The van der Waals surface area contributed by atoms with Crippen LogP contribution in [0.4, 0.5) is 0 Å². The Balaban J connectivity index is 2.57.